The molecule has 0 aliphatic carbocycles. The first-order valence-corrected chi connectivity index (χ1v) is 5.05. The van der Waals surface area contributed by atoms with E-state index in [0.29, 0.717) is 11.4 Å². The predicted octanol–water partition coefficient (Wildman–Crippen LogP) is 3.52. The zero-order chi connectivity index (χ0) is 11.3. The summed E-state index contributed by atoms with van der Waals surface area (Å²) >= 11 is 6.01. The predicted molar refractivity (Wildman–Crippen MR) is 60.8 cm³/mol. The number of hydrogen-bond acceptors (Lipinski definition) is 2. The van der Waals surface area contributed by atoms with Gasteiger partial charge in [0.05, 0.1) is 0 Å². The zero-order valence-electron chi connectivity index (χ0n) is 8.57. The van der Waals surface area contributed by atoms with Gasteiger partial charge in [0.1, 0.15) is 6.10 Å². The summed E-state index contributed by atoms with van der Waals surface area (Å²) in [6.45, 7) is 5.01. The van der Waals surface area contributed by atoms with Gasteiger partial charge in [0.15, 0.2) is 0 Å². The van der Waals surface area contributed by atoms with Gasteiger partial charge >= 0.3 is 5.97 Å². The Morgan fingerprint density at radius 1 is 1.60 bits per heavy atom. The lowest BCUT2D eigenvalue weighted by molar-refractivity contribution is -0.146. The van der Waals surface area contributed by atoms with Crippen molar-refractivity contribution in [2.24, 2.45) is 0 Å². The lowest BCUT2D eigenvalue weighted by Gasteiger charge is -2.16. The third-order valence-electron chi connectivity index (χ3n) is 1.94. The number of halogens is 1. The van der Waals surface area contributed by atoms with Crippen LogP contribution in [0.3, 0.4) is 0 Å². The van der Waals surface area contributed by atoms with Gasteiger partial charge in [-0.1, -0.05) is 35.9 Å². The van der Waals surface area contributed by atoms with E-state index >= 15 is 0 Å². The molecule has 0 aliphatic rings. The van der Waals surface area contributed by atoms with Crippen LogP contribution in [0, 0.1) is 0 Å². The topological polar surface area (TPSA) is 26.3 Å². The summed E-state index contributed by atoms with van der Waals surface area (Å²) in [5.41, 5.74) is 0.814. The Hall–Kier alpha value is -1.28. The SMILES string of the molecule is C=CC[C@@H](OC(C)=O)c1ccccc1Cl. The van der Waals surface area contributed by atoms with Crippen molar-refractivity contribution in [3.05, 3.63) is 47.5 Å². The standard InChI is InChI=1S/C12H13ClO2/c1-3-6-12(15-9(2)14)10-7-4-5-8-11(10)13/h3-5,7-8,12H,1,6H2,2H3/t12-/m1/s1. The van der Waals surface area contributed by atoms with Crippen LogP contribution in [0.5, 0.6) is 0 Å². The van der Waals surface area contributed by atoms with E-state index in [1.54, 1.807) is 12.1 Å². The molecule has 3 heteroatoms. The Morgan fingerprint density at radius 2 is 2.27 bits per heavy atom. The third-order valence-corrected chi connectivity index (χ3v) is 2.29. The Balaban J connectivity index is 2.92. The van der Waals surface area contributed by atoms with Crippen LogP contribution in [0.4, 0.5) is 0 Å². The Labute approximate surface area is 94.5 Å². The normalized spacial score (nSPS) is 11.9. The molecular formula is C12H13ClO2. The van der Waals surface area contributed by atoms with E-state index in [2.05, 4.69) is 6.58 Å². The van der Waals surface area contributed by atoms with Gasteiger partial charge in [0.25, 0.3) is 0 Å². The van der Waals surface area contributed by atoms with Crippen LogP contribution in [0.1, 0.15) is 25.0 Å². The minimum Gasteiger partial charge on any atom is -0.457 e. The van der Waals surface area contributed by atoms with Crippen molar-refractivity contribution in [2.75, 3.05) is 0 Å². The molecule has 0 bridgehead atoms. The Morgan fingerprint density at radius 3 is 2.80 bits per heavy atom. The molecule has 1 aromatic carbocycles. The van der Waals surface area contributed by atoms with Gasteiger partial charge in [-0.25, -0.2) is 0 Å². The van der Waals surface area contributed by atoms with Crippen LogP contribution in [0.25, 0.3) is 0 Å². The van der Waals surface area contributed by atoms with Crippen LogP contribution in [0.15, 0.2) is 36.9 Å². The molecule has 0 amide bonds. The first-order chi connectivity index (χ1) is 7.15. The number of rotatable bonds is 4. The lowest BCUT2D eigenvalue weighted by Crippen LogP contribution is -2.08. The molecular weight excluding hydrogens is 212 g/mol. The van der Waals surface area contributed by atoms with E-state index in [-0.39, 0.29) is 12.1 Å². The second kappa shape index (κ2) is 5.56. The minimum absolute atomic E-state index is 0.318. The highest BCUT2D eigenvalue weighted by molar-refractivity contribution is 6.31. The largest absolute Gasteiger partial charge is 0.457 e. The van der Waals surface area contributed by atoms with Gasteiger partial charge in [-0.2, -0.15) is 0 Å². The summed E-state index contributed by atoms with van der Waals surface area (Å²) < 4.78 is 5.16. The van der Waals surface area contributed by atoms with E-state index in [1.807, 2.05) is 18.2 Å². The average molecular weight is 225 g/mol. The van der Waals surface area contributed by atoms with Crippen molar-refractivity contribution in [3.8, 4) is 0 Å². The second-order valence-corrected chi connectivity index (χ2v) is 3.55. The molecule has 0 fully saturated rings. The molecule has 1 aromatic rings. The second-order valence-electron chi connectivity index (χ2n) is 3.14. The van der Waals surface area contributed by atoms with E-state index in [1.165, 1.54) is 6.92 Å². The molecule has 0 saturated carbocycles. The van der Waals surface area contributed by atoms with Crippen LogP contribution < -0.4 is 0 Å². The van der Waals surface area contributed by atoms with Gasteiger partial charge in [-0.15, -0.1) is 6.58 Å². The summed E-state index contributed by atoms with van der Waals surface area (Å²) in [5.74, 6) is -0.318. The van der Waals surface area contributed by atoms with Gasteiger partial charge in [0.2, 0.25) is 0 Å². The molecule has 0 spiro atoms. The Kier molecular flexibility index (Phi) is 4.37. The molecule has 0 heterocycles. The monoisotopic (exact) mass is 224 g/mol. The summed E-state index contributed by atoms with van der Waals surface area (Å²) in [7, 11) is 0. The molecule has 1 atom stereocenters. The van der Waals surface area contributed by atoms with Crippen molar-refractivity contribution in [1.82, 2.24) is 0 Å². The van der Waals surface area contributed by atoms with Crippen molar-refractivity contribution in [1.29, 1.82) is 0 Å². The van der Waals surface area contributed by atoms with Gasteiger partial charge in [0, 0.05) is 23.9 Å². The summed E-state index contributed by atoms with van der Waals surface area (Å²) in [4.78, 5) is 10.9. The Bertz CT molecular complexity index is 360. The van der Waals surface area contributed by atoms with Crippen LogP contribution >= 0.6 is 11.6 Å². The molecule has 0 N–H and O–H groups in total. The molecule has 15 heavy (non-hydrogen) atoms. The van der Waals surface area contributed by atoms with Gasteiger partial charge < -0.3 is 4.74 Å². The van der Waals surface area contributed by atoms with Crippen molar-refractivity contribution < 1.29 is 9.53 Å². The molecule has 0 aliphatic heterocycles. The van der Waals surface area contributed by atoms with Gasteiger partial charge in [-0.05, 0) is 6.07 Å². The molecule has 0 saturated heterocycles. The van der Waals surface area contributed by atoms with Crippen molar-refractivity contribution in [3.63, 3.8) is 0 Å². The molecule has 80 valence electrons. The first-order valence-electron chi connectivity index (χ1n) is 4.67. The molecule has 2 nitrogen and oxygen atoms in total. The first kappa shape index (κ1) is 11.8. The molecule has 0 radical (unpaired) electrons. The number of ether oxygens (including phenoxy) is 1. The maximum Gasteiger partial charge on any atom is 0.303 e. The number of carbonyl (C=O) groups is 1. The average Bonchev–Trinajstić information content (AvgIpc) is 2.17. The summed E-state index contributed by atoms with van der Waals surface area (Å²) in [6, 6.07) is 7.32. The van der Waals surface area contributed by atoms with Crippen LogP contribution in [-0.4, -0.2) is 5.97 Å². The van der Waals surface area contributed by atoms with E-state index < -0.39 is 0 Å². The summed E-state index contributed by atoms with van der Waals surface area (Å²) in [5, 5.41) is 0.602. The fraction of sp³-hybridized carbons (Fsp3) is 0.250. The molecule has 1 rings (SSSR count). The molecule has 0 aromatic heterocycles. The van der Waals surface area contributed by atoms with Crippen molar-refractivity contribution >= 4 is 17.6 Å². The van der Waals surface area contributed by atoms with Crippen LogP contribution in [-0.2, 0) is 9.53 Å². The fourth-order valence-corrected chi connectivity index (χ4v) is 1.58. The number of carbonyl (C=O) groups excluding carboxylic acids is 1. The highest BCUT2D eigenvalue weighted by atomic mass is 35.5. The maximum atomic E-state index is 10.9. The highest BCUT2D eigenvalue weighted by Gasteiger charge is 2.15. The molecule has 0 unspecified atom stereocenters. The number of benzene rings is 1. The lowest BCUT2D eigenvalue weighted by atomic mass is 10.1. The minimum atomic E-state index is -0.339. The number of esters is 1. The summed E-state index contributed by atoms with van der Waals surface area (Å²) in [6.07, 6.45) is 1.92. The highest BCUT2D eigenvalue weighted by Crippen LogP contribution is 2.28. The maximum absolute atomic E-state index is 10.9. The smallest absolute Gasteiger partial charge is 0.303 e. The van der Waals surface area contributed by atoms with Crippen LogP contribution in [0.2, 0.25) is 5.02 Å². The van der Waals surface area contributed by atoms with Gasteiger partial charge in [-0.3, -0.25) is 4.79 Å². The van der Waals surface area contributed by atoms with E-state index in [9.17, 15) is 4.79 Å². The zero-order valence-corrected chi connectivity index (χ0v) is 9.33. The van der Waals surface area contributed by atoms with Crippen molar-refractivity contribution in [2.45, 2.75) is 19.4 Å². The number of hydrogen-bond donors (Lipinski definition) is 0. The van der Waals surface area contributed by atoms with E-state index in [4.69, 9.17) is 16.3 Å². The van der Waals surface area contributed by atoms with E-state index in [0.717, 1.165) is 5.56 Å². The quantitative estimate of drug-likeness (QED) is 0.578. The third kappa shape index (κ3) is 3.40. The fourth-order valence-electron chi connectivity index (χ4n) is 1.33.